The van der Waals surface area contributed by atoms with Crippen LogP contribution in [0.15, 0.2) is 24.3 Å². The molecule has 0 aliphatic heterocycles. The predicted octanol–water partition coefficient (Wildman–Crippen LogP) is 3.09. The molecular weight excluding hydrogens is 449 g/mol. The van der Waals surface area contributed by atoms with Gasteiger partial charge in [-0.2, -0.15) is 18.2 Å². The molecular formula is C19H21F3N6O3S. The highest BCUT2D eigenvalue weighted by Gasteiger charge is 2.37. The number of hydrogen-bond acceptors (Lipinski definition) is 6. The fourth-order valence-electron chi connectivity index (χ4n) is 3.03. The van der Waals surface area contributed by atoms with Crippen LogP contribution in [0.4, 0.5) is 24.5 Å². The summed E-state index contributed by atoms with van der Waals surface area (Å²) in [5, 5.41) is 6.18. The number of nitrogens with zero attached hydrogens (tertiary/aromatic N) is 4. The van der Waals surface area contributed by atoms with Crippen molar-refractivity contribution in [1.82, 2.24) is 19.6 Å². The minimum Gasteiger partial charge on any atom is -0.326 e. The molecule has 3 aromatic rings. The molecule has 0 spiro atoms. The first-order valence-electron chi connectivity index (χ1n) is 9.60. The first-order valence-corrected chi connectivity index (χ1v) is 11.3. The number of aromatic nitrogens is 4. The molecule has 0 saturated heterocycles. The molecule has 9 nitrogen and oxygen atoms in total. The highest BCUT2D eigenvalue weighted by molar-refractivity contribution is 7.92. The third-order valence-corrected chi connectivity index (χ3v) is 6.03. The first-order chi connectivity index (χ1) is 14.9. The maximum atomic E-state index is 12.9. The van der Waals surface area contributed by atoms with Gasteiger partial charge in [0, 0.05) is 29.2 Å². The van der Waals surface area contributed by atoms with E-state index in [1.54, 1.807) is 26.0 Å². The van der Waals surface area contributed by atoms with Gasteiger partial charge in [0.05, 0.1) is 5.75 Å². The molecule has 0 radical (unpaired) electrons. The second-order valence-electron chi connectivity index (χ2n) is 7.04. The van der Waals surface area contributed by atoms with E-state index in [0.717, 1.165) is 4.52 Å². The topological polar surface area (TPSA) is 118 Å². The molecule has 1 aromatic carbocycles. The SMILES string of the molecule is CCS(=O)(=O)Nc1ccc(NC(=O)CCc2c(C)nc3nc(C(F)(F)F)nn3c2C)cc1. The third-order valence-electron chi connectivity index (χ3n) is 4.73. The molecule has 2 N–H and O–H groups in total. The normalized spacial score (nSPS) is 12.2. The maximum Gasteiger partial charge on any atom is 0.453 e. The average molecular weight is 470 g/mol. The number of hydrogen-bond donors (Lipinski definition) is 2. The number of nitrogens with one attached hydrogen (secondary N) is 2. The minimum absolute atomic E-state index is 0.0555. The molecule has 172 valence electrons. The number of anilines is 2. The second-order valence-corrected chi connectivity index (χ2v) is 9.05. The summed E-state index contributed by atoms with van der Waals surface area (Å²) in [5.41, 5.74) is 2.35. The van der Waals surface area contributed by atoms with E-state index in [9.17, 15) is 26.4 Å². The van der Waals surface area contributed by atoms with Gasteiger partial charge in [0.15, 0.2) is 0 Å². The quantitative estimate of drug-likeness (QED) is 0.548. The molecule has 0 aliphatic rings. The lowest BCUT2D eigenvalue weighted by Gasteiger charge is -2.11. The molecule has 3 rings (SSSR count). The van der Waals surface area contributed by atoms with Crippen LogP contribution >= 0.6 is 0 Å². The molecule has 0 bridgehead atoms. The maximum absolute atomic E-state index is 12.9. The average Bonchev–Trinajstić information content (AvgIpc) is 3.14. The van der Waals surface area contributed by atoms with Gasteiger partial charge in [-0.15, -0.1) is 5.10 Å². The van der Waals surface area contributed by atoms with Crippen LogP contribution in [0, 0.1) is 13.8 Å². The minimum atomic E-state index is -4.68. The smallest absolute Gasteiger partial charge is 0.326 e. The van der Waals surface area contributed by atoms with Crippen LogP contribution in [0.3, 0.4) is 0 Å². The van der Waals surface area contributed by atoms with Crippen LogP contribution < -0.4 is 10.0 Å². The summed E-state index contributed by atoms with van der Waals surface area (Å²) in [7, 11) is -3.40. The van der Waals surface area contributed by atoms with Crippen molar-refractivity contribution in [2.75, 3.05) is 15.8 Å². The van der Waals surface area contributed by atoms with Crippen LogP contribution in [-0.2, 0) is 27.4 Å². The Bertz CT molecular complexity index is 1250. The third kappa shape index (κ3) is 5.33. The monoisotopic (exact) mass is 470 g/mol. The zero-order valence-electron chi connectivity index (χ0n) is 17.5. The number of benzene rings is 1. The Hall–Kier alpha value is -3.22. The lowest BCUT2D eigenvalue weighted by atomic mass is 10.1. The van der Waals surface area contributed by atoms with E-state index < -0.39 is 22.0 Å². The highest BCUT2D eigenvalue weighted by Crippen LogP contribution is 2.27. The Labute approximate surface area is 182 Å². The molecule has 0 aliphatic carbocycles. The number of sulfonamides is 1. The van der Waals surface area contributed by atoms with Crippen LogP contribution in [0.25, 0.3) is 5.78 Å². The van der Waals surface area contributed by atoms with Gasteiger partial charge in [-0.3, -0.25) is 9.52 Å². The number of halogens is 3. The summed E-state index contributed by atoms with van der Waals surface area (Å²) in [5.74, 6) is -1.80. The molecule has 13 heteroatoms. The van der Waals surface area contributed by atoms with Gasteiger partial charge < -0.3 is 5.32 Å². The molecule has 32 heavy (non-hydrogen) atoms. The number of carbonyl (C=O) groups is 1. The van der Waals surface area contributed by atoms with Crippen LogP contribution in [-0.4, -0.2) is 39.7 Å². The lowest BCUT2D eigenvalue weighted by Crippen LogP contribution is -2.15. The fourth-order valence-corrected chi connectivity index (χ4v) is 3.67. The molecule has 2 aromatic heterocycles. The molecule has 0 unspecified atom stereocenters. The van der Waals surface area contributed by atoms with Crippen LogP contribution in [0.5, 0.6) is 0 Å². The van der Waals surface area contributed by atoms with Gasteiger partial charge in [-0.05, 0) is 57.0 Å². The van der Waals surface area contributed by atoms with E-state index in [0.29, 0.717) is 28.3 Å². The van der Waals surface area contributed by atoms with Crippen LogP contribution in [0.2, 0.25) is 0 Å². The molecule has 2 heterocycles. The van der Waals surface area contributed by atoms with E-state index in [1.807, 2.05) is 0 Å². The Balaban J connectivity index is 1.68. The highest BCUT2D eigenvalue weighted by atomic mass is 32.2. The van der Waals surface area contributed by atoms with E-state index in [-0.39, 0.29) is 30.3 Å². The number of alkyl halides is 3. The van der Waals surface area contributed by atoms with Gasteiger partial charge in [0.1, 0.15) is 0 Å². The fraction of sp³-hybridized carbons (Fsp3) is 0.368. The van der Waals surface area contributed by atoms with Crippen molar-refractivity contribution in [2.24, 2.45) is 0 Å². The summed E-state index contributed by atoms with van der Waals surface area (Å²) in [6, 6.07) is 6.17. The summed E-state index contributed by atoms with van der Waals surface area (Å²) >= 11 is 0. The zero-order chi connectivity index (χ0) is 23.7. The molecule has 1 amide bonds. The Morgan fingerprint density at radius 3 is 2.31 bits per heavy atom. The predicted molar refractivity (Wildman–Crippen MR) is 112 cm³/mol. The van der Waals surface area contributed by atoms with Crippen molar-refractivity contribution < 1.29 is 26.4 Å². The van der Waals surface area contributed by atoms with Crippen molar-refractivity contribution in [1.29, 1.82) is 0 Å². The van der Waals surface area contributed by atoms with Gasteiger partial charge in [0.2, 0.25) is 15.9 Å². The number of aryl methyl sites for hydroxylation is 2. The first kappa shape index (κ1) is 23.4. The van der Waals surface area contributed by atoms with Gasteiger partial charge in [0.25, 0.3) is 11.6 Å². The summed E-state index contributed by atoms with van der Waals surface area (Å²) in [6.45, 7) is 4.75. The van der Waals surface area contributed by atoms with Crippen molar-refractivity contribution >= 4 is 33.1 Å². The molecule has 0 fully saturated rings. The second kappa shape index (κ2) is 8.73. The van der Waals surface area contributed by atoms with E-state index in [4.69, 9.17) is 0 Å². The zero-order valence-corrected chi connectivity index (χ0v) is 18.3. The standard InChI is InChI=1S/C19H21F3N6O3S/c1-4-32(30,31)27-14-7-5-13(6-8-14)24-16(29)10-9-15-11(2)23-18-25-17(19(20,21)22)26-28(18)12(15)3/h5-8,27H,4,9-10H2,1-3H3,(H,24,29). The Morgan fingerprint density at radius 2 is 1.72 bits per heavy atom. The summed E-state index contributed by atoms with van der Waals surface area (Å²) in [6.07, 6.45) is -4.39. The summed E-state index contributed by atoms with van der Waals surface area (Å²) < 4.78 is 65.3. The largest absolute Gasteiger partial charge is 0.453 e. The van der Waals surface area contributed by atoms with Crippen LogP contribution in [0.1, 0.15) is 36.1 Å². The molecule has 0 saturated carbocycles. The molecule has 0 atom stereocenters. The van der Waals surface area contributed by atoms with Crippen molar-refractivity contribution in [3.63, 3.8) is 0 Å². The van der Waals surface area contributed by atoms with Gasteiger partial charge in [-0.1, -0.05) is 0 Å². The van der Waals surface area contributed by atoms with E-state index in [1.165, 1.54) is 19.1 Å². The van der Waals surface area contributed by atoms with E-state index in [2.05, 4.69) is 25.1 Å². The number of amides is 1. The van der Waals surface area contributed by atoms with Crippen molar-refractivity contribution in [3.05, 3.63) is 47.0 Å². The number of rotatable bonds is 7. The van der Waals surface area contributed by atoms with Gasteiger partial charge in [-0.25, -0.2) is 17.9 Å². The van der Waals surface area contributed by atoms with Crippen molar-refractivity contribution in [3.8, 4) is 0 Å². The number of fused-ring (bicyclic) bond motifs is 1. The Morgan fingerprint density at radius 1 is 1.09 bits per heavy atom. The Kier molecular flexibility index (Phi) is 6.39. The van der Waals surface area contributed by atoms with Gasteiger partial charge >= 0.3 is 6.18 Å². The number of carbonyl (C=O) groups excluding carboxylic acids is 1. The van der Waals surface area contributed by atoms with Crippen molar-refractivity contribution in [2.45, 2.75) is 39.8 Å². The summed E-state index contributed by atoms with van der Waals surface area (Å²) in [4.78, 5) is 19.8. The lowest BCUT2D eigenvalue weighted by molar-refractivity contribution is -0.144. The van der Waals surface area contributed by atoms with E-state index >= 15 is 0 Å².